The second-order valence-electron chi connectivity index (χ2n) is 7.40. The molecule has 1 saturated carbocycles. The number of benzene rings is 1. The predicted molar refractivity (Wildman–Crippen MR) is 88.8 cm³/mol. The molecule has 0 atom stereocenters. The third-order valence-corrected chi connectivity index (χ3v) is 4.79. The van der Waals surface area contributed by atoms with Crippen LogP contribution < -0.4 is 15.5 Å². The van der Waals surface area contributed by atoms with Gasteiger partial charge in [-0.05, 0) is 58.7 Å². The van der Waals surface area contributed by atoms with Gasteiger partial charge in [0, 0.05) is 11.5 Å². The van der Waals surface area contributed by atoms with Crippen LogP contribution in [0.2, 0.25) is 0 Å². The minimum Gasteiger partial charge on any atom is -0.484 e. The molecule has 1 aromatic carbocycles. The molecule has 1 amide bonds. The van der Waals surface area contributed by atoms with Crippen LogP contribution in [0.1, 0.15) is 40.5 Å². The molecule has 1 aliphatic heterocycles. The summed E-state index contributed by atoms with van der Waals surface area (Å²) in [6, 6.07) is 4.61. The molecular formula is C17H23BFNO4. The van der Waals surface area contributed by atoms with E-state index in [-0.39, 0.29) is 24.0 Å². The zero-order chi connectivity index (χ0) is 17.5. The lowest BCUT2D eigenvalue weighted by molar-refractivity contribution is -0.123. The number of rotatable bonds is 5. The molecule has 2 aliphatic rings. The summed E-state index contributed by atoms with van der Waals surface area (Å²) in [6.45, 7) is 7.55. The fourth-order valence-corrected chi connectivity index (χ4v) is 2.41. The Balaban J connectivity index is 1.69. The van der Waals surface area contributed by atoms with Gasteiger partial charge in [-0.2, -0.15) is 0 Å². The Bertz CT molecular complexity index is 629. The summed E-state index contributed by atoms with van der Waals surface area (Å²) in [6.07, 6.45) is 2.04. The molecule has 0 spiro atoms. The van der Waals surface area contributed by atoms with Crippen LogP contribution in [0, 0.1) is 5.82 Å². The Morgan fingerprint density at radius 2 is 1.92 bits per heavy atom. The maximum absolute atomic E-state index is 14.2. The predicted octanol–water partition coefficient (Wildman–Crippen LogP) is 1.78. The summed E-state index contributed by atoms with van der Waals surface area (Å²) >= 11 is 0. The SMILES string of the molecule is CC1(C)OB(c2cc(OCC(=O)NC3CC3)ccc2F)OC1(C)C. The smallest absolute Gasteiger partial charge is 0.484 e. The molecule has 3 rings (SSSR count). The van der Waals surface area contributed by atoms with Gasteiger partial charge in [-0.25, -0.2) is 4.39 Å². The van der Waals surface area contributed by atoms with E-state index in [9.17, 15) is 9.18 Å². The largest absolute Gasteiger partial charge is 0.497 e. The van der Waals surface area contributed by atoms with Crippen molar-refractivity contribution in [1.29, 1.82) is 0 Å². The molecule has 0 radical (unpaired) electrons. The number of halogens is 1. The van der Waals surface area contributed by atoms with E-state index in [2.05, 4.69) is 5.32 Å². The first-order chi connectivity index (χ1) is 11.2. The molecule has 1 saturated heterocycles. The third kappa shape index (κ3) is 3.57. The van der Waals surface area contributed by atoms with E-state index in [1.54, 1.807) is 0 Å². The van der Waals surface area contributed by atoms with Gasteiger partial charge in [0.05, 0.1) is 11.2 Å². The average molecular weight is 335 g/mol. The summed E-state index contributed by atoms with van der Waals surface area (Å²) in [7, 11) is -0.807. The van der Waals surface area contributed by atoms with Gasteiger partial charge in [-0.15, -0.1) is 0 Å². The lowest BCUT2D eigenvalue weighted by Gasteiger charge is -2.32. The van der Waals surface area contributed by atoms with Crippen molar-refractivity contribution in [2.24, 2.45) is 0 Å². The molecule has 1 N–H and O–H groups in total. The summed E-state index contributed by atoms with van der Waals surface area (Å²) < 4.78 is 31.4. The Labute approximate surface area is 142 Å². The van der Waals surface area contributed by atoms with Crippen molar-refractivity contribution in [2.75, 3.05) is 6.61 Å². The Morgan fingerprint density at radius 3 is 2.50 bits per heavy atom. The van der Waals surface area contributed by atoms with Crippen molar-refractivity contribution in [1.82, 2.24) is 5.32 Å². The zero-order valence-corrected chi connectivity index (χ0v) is 14.5. The van der Waals surface area contributed by atoms with Crippen LogP contribution >= 0.6 is 0 Å². The van der Waals surface area contributed by atoms with E-state index in [0.29, 0.717) is 5.75 Å². The summed E-state index contributed by atoms with van der Waals surface area (Å²) in [5.41, 5.74) is -0.829. The van der Waals surface area contributed by atoms with E-state index in [4.69, 9.17) is 14.0 Å². The Morgan fingerprint density at radius 1 is 1.29 bits per heavy atom. The van der Waals surface area contributed by atoms with E-state index in [1.165, 1.54) is 18.2 Å². The summed E-state index contributed by atoms with van der Waals surface area (Å²) in [4.78, 5) is 11.7. The minimum atomic E-state index is -0.807. The maximum Gasteiger partial charge on any atom is 0.497 e. The van der Waals surface area contributed by atoms with Crippen LogP contribution in [0.5, 0.6) is 5.75 Å². The van der Waals surface area contributed by atoms with Crippen molar-refractivity contribution < 1.29 is 23.2 Å². The third-order valence-electron chi connectivity index (χ3n) is 4.79. The van der Waals surface area contributed by atoms with Gasteiger partial charge in [-0.1, -0.05) is 0 Å². The highest BCUT2D eigenvalue weighted by Crippen LogP contribution is 2.36. The van der Waals surface area contributed by atoms with Gasteiger partial charge < -0.3 is 19.4 Å². The van der Waals surface area contributed by atoms with Gasteiger partial charge in [0.1, 0.15) is 11.6 Å². The normalized spacial score (nSPS) is 21.6. The monoisotopic (exact) mass is 335 g/mol. The number of amides is 1. The second kappa shape index (κ2) is 6.04. The minimum absolute atomic E-state index is 0.0923. The molecular weight excluding hydrogens is 312 g/mol. The summed E-state index contributed by atoms with van der Waals surface area (Å²) in [5, 5.41) is 2.84. The quantitative estimate of drug-likeness (QED) is 0.834. The second-order valence-corrected chi connectivity index (χ2v) is 7.40. The molecule has 0 unspecified atom stereocenters. The van der Waals surface area contributed by atoms with E-state index < -0.39 is 24.1 Å². The molecule has 1 aromatic rings. The van der Waals surface area contributed by atoms with Gasteiger partial charge in [0.15, 0.2) is 6.61 Å². The van der Waals surface area contributed by atoms with Crippen molar-refractivity contribution in [3.63, 3.8) is 0 Å². The van der Waals surface area contributed by atoms with Gasteiger partial charge >= 0.3 is 7.12 Å². The molecule has 0 aromatic heterocycles. The van der Waals surface area contributed by atoms with Crippen molar-refractivity contribution >= 4 is 18.5 Å². The molecule has 7 heteroatoms. The first-order valence-electron chi connectivity index (χ1n) is 8.25. The molecule has 130 valence electrons. The van der Waals surface area contributed by atoms with Gasteiger partial charge in [0.25, 0.3) is 5.91 Å². The topological polar surface area (TPSA) is 56.8 Å². The van der Waals surface area contributed by atoms with E-state index in [1.807, 2.05) is 27.7 Å². The fourth-order valence-electron chi connectivity index (χ4n) is 2.41. The van der Waals surface area contributed by atoms with Crippen molar-refractivity contribution in [2.45, 2.75) is 57.8 Å². The van der Waals surface area contributed by atoms with Crippen LogP contribution in [0.3, 0.4) is 0 Å². The number of carbonyl (C=O) groups is 1. The van der Waals surface area contributed by atoms with Gasteiger partial charge in [0.2, 0.25) is 0 Å². The molecule has 0 bridgehead atoms. The molecule has 1 aliphatic carbocycles. The van der Waals surface area contributed by atoms with Crippen molar-refractivity contribution in [3.8, 4) is 5.75 Å². The van der Waals surface area contributed by atoms with E-state index in [0.717, 1.165) is 12.8 Å². The highest BCUT2D eigenvalue weighted by atomic mass is 19.1. The van der Waals surface area contributed by atoms with E-state index >= 15 is 0 Å². The highest BCUT2D eigenvalue weighted by molar-refractivity contribution is 6.62. The number of ether oxygens (including phenoxy) is 1. The number of hydrogen-bond donors (Lipinski definition) is 1. The number of hydrogen-bond acceptors (Lipinski definition) is 4. The average Bonchev–Trinajstić information content (AvgIpc) is 3.25. The molecule has 24 heavy (non-hydrogen) atoms. The van der Waals surface area contributed by atoms with Crippen LogP contribution in [-0.4, -0.2) is 36.9 Å². The number of nitrogens with one attached hydrogen (secondary N) is 1. The van der Waals surface area contributed by atoms with Crippen molar-refractivity contribution in [3.05, 3.63) is 24.0 Å². The molecule has 1 heterocycles. The standard InChI is InChI=1S/C17H23BFNO4/c1-16(2)17(3,4)24-18(23-16)13-9-12(7-8-14(13)19)22-10-15(21)20-11-5-6-11/h7-9,11H,5-6,10H2,1-4H3,(H,20,21). The molecule has 2 fully saturated rings. The first kappa shape index (κ1) is 17.2. The lowest BCUT2D eigenvalue weighted by atomic mass is 9.78. The van der Waals surface area contributed by atoms with Crippen LogP contribution in [0.4, 0.5) is 4.39 Å². The summed E-state index contributed by atoms with van der Waals surface area (Å²) in [5.74, 6) is -0.186. The fraction of sp³-hybridized carbons (Fsp3) is 0.588. The maximum atomic E-state index is 14.2. The number of carbonyl (C=O) groups excluding carboxylic acids is 1. The lowest BCUT2D eigenvalue weighted by Crippen LogP contribution is -2.41. The first-order valence-corrected chi connectivity index (χ1v) is 8.25. The zero-order valence-electron chi connectivity index (χ0n) is 14.5. The Hall–Kier alpha value is -1.60. The van der Waals surface area contributed by atoms with Crippen LogP contribution in [-0.2, 0) is 14.1 Å². The van der Waals surface area contributed by atoms with Crippen LogP contribution in [0.25, 0.3) is 0 Å². The Kier molecular flexibility index (Phi) is 4.34. The molecule has 5 nitrogen and oxygen atoms in total. The highest BCUT2D eigenvalue weighted by Gasteiger charge is 2.52. The van der Waals surface area contributed by atoms with Crippen LogP contribution in [0.15, 0.2) is 18.2 Å². The van der Waals surface area contributed by atoms with Gasteiger partial charge in [-0.3, -0.25) is 4.79 Å².